The van der Waals surface area contributed by atoms with E-state index in [1.165, 1.54) is 34.5 Å². The first-order valence-corrected chi connectivity index (χ1v) is 11.8. The Labute approximate surface area is 187 Å². The van der Waals surface area contributed by atoms with Crippen LogP contribution in [0, 0.1) is 0 Å². The predicted octanol–water partition coefficient (Wildman–Crippen LogP) is 2.23. The average Bonchev–Trinajstić information content (AvgIpc) is 2.81. The molecular weight excluding hydrogens is 434 g/mol. The maximum Gasteiger partial charge on any atom is 0.265 e. The number of anilines is 2. The molecule has 2 amide bonds. The van der Waals surface area contributed by atoms with Crippen molar-refractivity contribution in [1.82, 2.24) is 4.31 Å². The fourth-order valence-corrected chi connectivity index (χ4v) is 5.39. The van der Waals surface area contributed by atoms with Gasteiger partial charge in [-0.2, -0.15) is 4.31 Å². The molecule has 2 aliphatic heterocycles. The summed E-state index contributed by atoms with van der Waals surface area (Å²) in [5, 5.41) is 2.73. The van der Waals surface area contributed by atoms with Gasteiger partial charge in [-0.1, -0.05) is 18.6 Å². The number of piperidine rings is 1. The monoisotopic (exact) mass is 459 g/mol. The van der Waals surface area contributed by atoms with Gasteiger partial charge in [0.05, 0.1) is 23.4 Å². The third-order valence-corrected chi connectivity index (χ3v) is 7.40. The molecule has 170 valence electrons. The Bertz CT molecular complexity index is 1130. The molecule has 4 rings (SSSR count). The Morgan fingerprint density at radius 3 is 2.62 bits per heavy atom. The standard InChI is InChI=1S/C22H25N3O6S/c1-30-19-8-4-3-7-17(19)23-21(26)14-25-18-13-16(9-10-20(18)31-15-22(25)27)32(28,29)24-11-5-2-6-12-24/h3-4,7-10,13H,2,5-6,11-12,14-15H2,1H3,(H,23,26). The van der Waals surface area contributed by atoms with Crippen molar-refractivity contribution in [3.8, 4) is 11.5 Å². The number of carbonyl (C=O) groups is 2. The highest BCUT2D eigenvalue weighted by molar-refractivity contribution is 7.89. The van der Waals surface area contributed by atoms with Crippen LogP contribution >= 0.6 is 0 Å². The van der Waals surface area contributed by atoms with Crippen LogP contribution in [0.1, 0.15) is 19.3 Å². The van der Waals surface area contributed by atoms with E-state index < -0.39 is 21.8 Å². The van der Waals surface area contributed by atoms with E-state index in [0.717, 1.165) is 19.3 Å². The number of rotatable bonds is 6. The van der Waals surface area contributed by atoms with Crippen molar-refractivity contribution in [1.29, 1.82) is 0 Å². The van der Waals surface area contributed by atoms with Crippen LogP contribution in [0.3, 0.4) is 0 Å². The van der Waals surface area contributed by atoms with Gasteiger partial charge in [0, 0.05) is 13.1 Å². The summed E-state index contributed by atoms with van der Waals surface area (Å²) < 4.78 is 38.3. The second-order valence-electron chi connectivity index (χ2n) is 7.61. The Balaban J connectivity index is 1.59. The normalized spacial score (nSPS) is 16.8. The van der Waals surface area contributed by atoms with Crippen molar-refractivity contribution in [2.24, 2.45) is 0 Å². The number of carbonyl (C=O) groups excluding carboxylic acids is 2. The lowest BCUT2D eigenvalue weighted by molar-refractivity contribution is -0.123. The van der Waals surface area contributed by atoms with Crippen molar-refractivity contribution in [3.05, 3.63) is 42.5 Å². The van der Waals surface area contributed by atoms with Crippen LogP contribution in [0.15, 0.2) is 47.4 Å². The third kappa shape index (κ3) is 4.42. The zero-order chi connectivity index (χ0) is 22.7. The fraction of sp³-hybridized carbons (Fsp3) is 0.364. The predicted molar refractivity (Wildman–Crippen MR) is 119 cm³/mol. The van der Waals surface area contributed by atoms with Gasteiger partial charge >= 0.3 is 0 Å². The van der Waals surface area contributed by atoms with E-state index >= 15 is 0 Å². The molecule has 2 heterocycles. The van der Waals surface area contributed by atoms with E-state index in [2.05, 4.69) is 5.32 Å². The number of amides is 2. The molecule has 0 unspecified atom stereocenters. The van der Waals surface area contributed by atoms with E-state index in [0.29, 0.717) is 30.3 Å². The topological polar surface area (TPSA) is 105 Å². The summed E-state index contributed by atoms with van der Waals surface area (Å²) >= 11 is 0. The largest absolute Gasteiger partial charge is 0.495 e. The summed E-state index contributed by atoms with van der Waals surface area (Å²) in [5.74, 6) is -0.0306. The molecule has 0 radical (unpaired) electrons. The van der Waals surface area contributed by atoms with Crippen molar-refractivity contribution in [2.75, 3.05) is 43.6 Å². The lowest BCUT2D eigenvalue weighted by Gasteiger charge is -2.30. The summed E-state index contributed by atoms with van der Waals surface area (Å²) in [5.41, 5.74) is 0.733. The molecule has 1 N–H and O–H groups in total. The minimum atomic E-state index is -3.70. The van der Waals surface area contributed by atoms with E-state index in [9.17, 15) is 18.0 Å². The minimum Gasteiger partial charge on any atom is -0.495 e. The van der Waals surface area contributed by atoms with Gasteiger partial charge in [-0.25, -0.2) is 8.42 Å². The summed E-state index contributed by atoms with van der Waals surface area (Å²) in [6.45, 7) is 0.424. The van der Waals surface area contributed by atoms with Crippen LogP contribution < -0.4 is 19.7 Å². The quantitative estimate of drug-likeness (QED) is 0.710. The first-order chi connectivity index (χ1) is 15.4. The number of hydrogen-bond donors (Lipinski definition) is 1. The van der Waals surface area contributed by atoms with Gasteiger partial charge in [-0.3, -0.25) is 14.5 Å². The molecule has 0 aromatic heterocycles. The van der Waals surface area contributed by atoms with Gasteiger partial charge in [0.1, 0.15) is 18.0 Å². The lowest BCUT2D eigenvalue weighted by atomic mass is 10.2. The lowest BCUT2D eigenvalue weighted by Crippen LogP contribution is -2.43. The molecule has 0 spiro atoms. The Morgan fingerprint density at radius 1 is 1.12 bits per heavy atom. The summed E-state index contributed by atoms with van der Waals surface area (Å²) in [6.07, 6.45) is 2.65. The van der Waals surface area contributed by atoms with Gasteiger partial charge in [-0.15, -0.1) is 0 Å². The number of sulfonamides is 1. The Hall–Kier alpha value is -3.11. The van der Waals surface area contributed by atoms with Gasteiger partial charge in [0.15, 0.2) is 6.61 Å². The second-order valence-corrected chi connectivity index (χ2v) is 9.55. The van der Waals surface area contributed by atoms with E-state index in [1.807, 2.05) is 0 Å². The highest BCUT2D eigenvalue weighted by Gasteiger charge is 2.31. The van der Waals surface area contributed by atoms with E-state index in [1.54, 1.807) is 24.3 Å². The number of fused-ring (bicyclic) bond motifs is 1. The van der Waals surface area contributed by atoms with Gasteiger partial charge in [-0.05, 0) is 43.2 Å². The number of ether oxygens (including phenoxy) is 2. The van der Waals surface area contributed by atoms with Crippen LogP contribution in [-0.2, 0) is 19.6 Å². The maximum absolute atomic E-state index is 13.1. The first kappa shape index (κ1) is 22.1. The number of nitrogens with zero attached hydrogens (tertiary/aromatic N) is 2. The fourth-order valence-electron chi connectivity index (χ4n) is 3.85. The smallest absolute Gasteiger partial charge is 0.265 e. The summed E-state index contributed by atoms with van der Waals surface area (Å²) in [4.78, 5) is 26.6. The highest BCUT2D eigenvalue weighted by Crippen LogP contribution is 2.35. The minimum absolute atomic E-state index is 0.0755. The molecule has 32 heavy (non-hydrogen) atoms. The van der Waals surface area contributed by atoms with Crippen LogP contribution in [0.25, 0.3) is 0 Å². The summed E-state index contributed by atoms with van der Waals surface area (Å²) in [7, 11) is -2.20. The van der Waals surface area contributed by atoms with E-state index in [4.69, 9.17) is 9.47 Å². The molecule has 0 atom stereocenters. The Morgan fingerprint density at radius 2 is 1.88 bits per heavy atom. The Kier molecular flexibility index (Phi) is 6.33. The zero-order valence-corrected chi connectivity index (χ0v) is 18.6. The highest BCUT2D eigenvalue weighted by atomic mass is 32.2. The molecule has 0 saturated carbocycles. The maximum atomic E-state index is 13.1. The number of benzene rings is 2. The molecule has 2 aromatic rings. The number of nitrogens with one attached hydrogen (secondary N) is 1. The van der Waals surface area contributed by atoms with Gasteiger partial charge < -0.3 is 14.8 Å². The molecule has 9 nitrogen and oxygen atoms in total. The molecule has 2 aliphatic rings. The van der Waals surface area contributed by atoms with Crippen molar-refractivity contribution in [3.63, 3.8) is 0 Å². The van der Waals surface area contributed by atoms with Crippen molar-refractivity contribution >= 4 is 33.2 Å². The number of methoxy groups -OCH3 is 1. The van der Waals surface area contributed by atoms with Crippen LogP contribution in [0.4, 0.5) is 11.4 Å². The SMILES string of the molecule is COc1ccccc1NC(=O)CN1C(=O)COc2ccc(S(=O)(=O)N3CCCCC3)cc21. The molecule has 1 saturated heterocycles. The van der Waals surface area contributed by atoms with Gasteiger partial charge in [0.25, 0.3) is 5.91 Å². The zero-order valence-electron chi connectivity index (χ0n) is 17.7. The molecule has 0 bridgehead atoms. The second kappa shape index (κ2) is 9.17. The van der Waals surface area contributed by atoms with Crippen LogP contribution in [-0.4, -0.2) is 57.9 Å². The van der Waals surface area contributed by atoms with Crippen LogP contribution in [0.5, 0.6) is 11.5 Å². The molecule has 10 heteroatoms. The first-order valence-electron chi connectivity index (χ1n) is 10.4. The number of hydrogen-bond acceptors (Lipinski definition) is 6. The van der Waals surface area contributed by atoms with Crippen molar-refractivity contribution in [2.45, 2.75) is 24.2 Å². The average molecular weight is 460 g/mol. The summed E-state index contributed by atoms with van der Waals surface area (Å²) in [6, 6.07) is 11.4. The van der Waals surface area contributed by atoms with Crippen LogP contribution in [0.2, 0.25) is 0 Å². The number of para-hydroxylation sites is 2. The van der Waals surface area contributed by atoms with Gasteiger partial charge in [0.2, 0.25) is 15.9 Å². The van der Waals surface area contributed by atoms with Crippen molar-refractivity contribution < 1.29 is 27.5 Å². The van der Waals surface area contributed by atoms with E-state index in [-0.39, 0.29) is 23.7 Å². The molecule has 2 aromatic carbocycles. The molecule has 0 aliphatic carbocycles. The molecule has 1 fully saturated rings. The molecular formula is C22H25N3O6S. The third-order valence-electron chi connectivity index (χ3n) is 5.51.